The van der Waals surface area contributed by atoms with E-state index in [1.54, 1.807) is 18.3 Å². The quantitative estimate of drug-likeness (QED) is 0.546. The Kier molecular flexibility index (Phi) is 5.35. The molecule has 1 aliphatic heterocycles. The number of rotatable bonds is 6. The first kappa shape index (κ1) is 21.1. The molecule has 0 aliphatic carbocycles. The summed E-state index contributed by atoms with van der Waals surface area (Å²) in [7, 11) is -3.50. The van der Waals surface area contributed by atoms with Crippen LogP contribution >= 0.6 is 0 Å². The van der Waals surface area contributed by atoms with Gasteiger partial charge in [0.25, 0.3) is 5.91 Å². The zero-order valence-electron chi connectivity index (χ0n) is 16.5. The van der Waals surface area contributed by atoms with Crippen LogP contribution in [-0.4, -0.2) is 65.3 Å². The highest BCUT2D eigenvalue weighted by Gasteiger charge is 2.37. The Balaban J connectivity index is 1.77. The van der Waals surface area contributed by atoms with Crippen molar-refractivity contribution in [1.82, 2.24) is 18.9 Å². The number of pyridine rings is 1. The maximum atomic E-state index is 13.6. The molecule has 0 saturated carbocycles. The first-order valence-corrected chi connectivity index (χ1v) is 11.2. The molecule has 0 radical (unpaired) electrons. The zero-order chi connectivity index (χ0) is 22.3. The van der Waals surface area contributed by atoms with Crippen LogP contribution in [0.4, 0.5) is 14.5 Å². The third kappa shape index (κ3) is 4.08. The molecule has 4 rings (SSSR count). The number of halogens is 2. The van der Waals surface area contributed by atoms with E-state index >= 15 is 0 Å². The van der Waals surface area contributed by atoms with E-state index in [9.17, 15) is 22.0 Å². The summed E-state index contributed by atoms with van der Waals surface area (Å²) in [5.74, 6) is -1.95. The van der Waals surface area contributed by atoms with Gasteiger partial charge in [-0.3, -0.25) is 9.18 Å². The normalized spacial score (nSPS) is 19.7. The van der Waals surface area contributed by atoms with Crippen LogP contribution in [0, 0.1) is 11.9 Å². The van der Waals surface area contributed by atoms with Crippen LogP contribution in [0.1, 0.15) is 10.4 Å². The molecule has 0 aromatic carbocycles. The van der Waals surface area contributed by atoms with Gasteiger partial charge in [0, 0.05) is 48.6 Å². The van der Waals surface area contributed by atoms with Gasteiger partial charge in [-0.05, 0) is 18.2 Å². The van der Waals surface area contributed by atoms with Crippen LogP contribution in [0.2, 0.25) is 0 Å². The van der Waals surface area contributed by atoms with Crippen molar-refractivity contribution in [2.24, 2.45) is 11.7 Å². The molecular formula is C19H20F2N6O3S. The molecule has 3 aromatic heterocycles. The van der Waals surface area contributed by atoms with E-state index in [1.165, 1.54) is 27.3 Å². The van der Waals surface area contributed by atoms with E-state index in [-0.39, 0.29) is 18.7 Å². The van der Waals surface area contributed by atoms with Crippen molar-refractivity contribution in [3.05, 3.63) is 48.3 Å². The Labute approximate surface area is 176 Å². The number of amides is 1. The molecule has 1 saturated heterocycles. The average molecular weight is 450 g/mol. The van der Waals surface area contributed by atoms with E-state index < -0.39 is 40.5 Å². The summed E-state index contributed by atoms with van der Waals surface area (Å²) in [6.07, 6.45) is 5.40. The minimum atomic E-state index is -3.50. The predicted octanol–water partition coefficient (Wildman–Crippen LogP) is 1.28. The molecule has 0 spiro atoms. The van der Waals surface area contributed by atoms with Gasteiger partial charge in [-0.2, -0.15) is 13.8 Å². The van der Waals surface area contributed by atoms with E-state index in [0.29, 0.717) is 22.3 Å². The number of nitrogens with two attached hydrogens (primary N) is 1. The van der Waals surface area contributed by atoms with Crippen LogP contribution in [0.15, 0.2) is 36.8 Å². The smallest absolute Gasteiger partial charge is 0.252 e. The van der Waals surface area contributed by atoms with E-state index in [4.69, 9.17) is 5.73 Å². The van der Waals surface area contributed by atoms with Crippen LogP contribution in [0.3, 0.4) is 0 Å². The molecule has 12 heteroatoms. The van der Waals surface area contributed by atoms with Crippen molar-refractivity contribution in [2.75, 3.05) is 31.3 Å². The maximum Gasteiger partial charge on any atom is 0.252 e. The molecule has 9 nitrogen and oxygen atoms in total. The number of carbonyl (C=O) groups is 1. The molecule has 1 fully saturated rings. The van der Waals surface area contributed by atoms with E-state index in [2.05, 4.69) is 15.4 Å². The van der Waals surface area contributed by atoms with E-state index in [0.717, 1.165) is 6.26 Å². The fourth-order valence-electron chi connectivity index (χ4n) is 3.71. The average Bonchev–Trinajstić information content (AvgIpc) is 3.32. The Morgan fingerprint density at radius 2 is 2.06 bits per heavy atom. The number of sulfonamides is 1. The summed E-state index contributed by atoms with van der Waals surface area (Å²) in [5.41, 5.74) is 7.70. The van der Waals surface area contributed by atoms with Gasteiger partial charge in [0.2, 0.25) is 16.0 Å². The molecule has 3 aromatic rings. The minimum Gasteiger partial charge on any atom is -0.378 e. The molecular weight excluding hydrogens is 430 g/mol. The largest absolute Gasteiger partial charge is 0.378 e. The number of hydrogen-bond acceptors (Lipinski definition) is 6. The van der Waals surface area contributed by atoms with Crippen molar-refractivity contribution in [3.8, 4) is 11.1 Å². The van der Waals surface area contributed by atoms with Crippen LogP contribution in [0.5, 0.6) is 0 Å². The molecule has 1 amide bonds. The highest BCUT2D eigenvalue weighted by molar-refractivity contribution is 7.88. The number of alkyl halides is 1. The van der Waals surface area contributed by atoms with E-state index in [1.807, 2.05) is 0 Å². The Hall–Kier alpha value is -3.12. The minimum absolute atomic E-state index is 0.0355. The summed E-state index contributed by atoms with van der Waals surface area (Å²) in [6, 6.07) is 3.92. The van der Waals surface area contributed by atoms with Gasteiger partial charge in [0.15, 0.2) is 0 Å². The van der Waals surface area contributed by atoms with Gasteiger partial charge < -0.3 is 11.1 Å². The first-order chi connectivity index (χ1) is 14.7. The summed E-state index contributed by atoms with van der Waals surface area (Å²) in [6.45, 7) is -0.645. The van der Waals surface area contributed by atoms with Crippen molar-refractivity contribution < 1.29 is 22.0 Å². The second-order valence-corrected chi connectivity index (χ2v) is 9.45. The number of nitrogens with one attached hydrogen (secondary N) is 1. The van der Waals surface area contributed by atoms with Gasteiger partial charge in [0.05, 0.1) is 35.9 Å². The predicted molar refractivity (Wildman–Crippen MR) is 110 cm³/mol. The lowest BCUT2D eigenvalue weighted by Crippen LogP contribution is -2.32. The number of carbonyl (C=O) groups excluding carboxylic acids is 1. The number of aromatic nitrogens is 3. The fourth-order valence-corrected chi connectivity index (χ4v) is 4.60. The molecule has 0 bridgehead atoms. The number of hydrogen-bond donors (Lipinski definition) is 2. The third-order valence-electron chi connectivity index (χ3n) is 5.37. The van der Waals surface area contributed by atoms with Crippen molar-refractivity contribution in [2.45, 2.75) is 6.04 Å². The number of primary amides is 1. The monoisotopic (exact) mass is 450 g/mol. The summed E-state index contributed by atoms with van der Waals surface area (Å²) >= 11 is 0. The third-order valence-corrected chi connectivity index (χ3v) is 6.60. The van der Waals surface area contributed by atoms with Crippen LogP contribution < -0.4 is 11.1 Å². The summed E-state index contributed by atoms with van der Waals surface area (Å²) in [4.78, 5) is 15.7. The molecule has 31 heavy (non-hydrogen) atoms. The number of nitrogens with zero attached hydrogens (tertiary/aromatic N) is 4. The SMILES string of the molecule is CS(=O)(=O)N1C[C@@H](CF)[C@H](Nc2c(C(N)=O)cnn3cc(-c4ccc(F)nc4)cc23)C1. The summed E-state index contributed by atoms with van der Waals surface area (Å²) in [5, 5.41) is 7.32. The second kappa shape index (κ2) is 7.85. The number of fused-ring (bicyclic) bond motifs is 1. The highest BCUT2D eigenvalue weighted by atomic mass is 32.2. The van der Waals surface area contributed by atoms with Crippen LogP contribution in [-0.2, 0) is 10.0 Å². The van der Waals surface area contributed by atoms with Gasteiger partial charge in [0.1, 0.15) is 0 Å². The highest BCUT2D eigenvalue weighted by Crippen LogP contribution is 2.31. The second-order valence-electron chi connectivity index (χ2n) is 7.47. The zero-order valence-corrected chi connectivity index (χ0v) is 17.3. The Bertz CT molecular complexity index is 1250. The lowest BCUT2D eigenvalue weighted by molar-refractivity contribution is 0.100. The first-order valence-electron chi connectivity index (χ1n) is 9.38. The topological polar surface area (TPSA) is 123 Å². The van der Waals surface area contributed by atoms with Gasteiger partial charge >= 0.3 is 0 Å². The summed E-state index contributed by atoms with van der Waals surface area (Å²) < 4.78 is 53.3. The Morgan fingerprint density at radius 3 is 2.68 bits per heavy atom. The van der Waals surface area contributed by atoms with Gasteiger partial charge in [-0.1, -0.05) is 0 Å². The fraction of sp³-hybridized carbons (Fsp3) is 0.316. The van der Waals surface area contributed by atoms with Gasteiger partial charge in [-0.15, -0.1) is 0 Å². The lowest BCUT2D eigenvalue weighted by atomic mass is 10.0. The van der Waals surface area contributed by atoms with Crippen LogP contribution in [0.25, 0.3) is 16.6 Å². The maximum absolute atomic E-state index is 13.6. The molecule has 164 valence electrons. The van der Waals surface area contributed by atoms with Crippen molar-refractivity contribution >= 4 is 27.1 Å². The molecule has 1 aliphatic rings. The van der Waals surface area contributed by atoms with Gasteiger partial charge in [-0.25, -0.2) is 17.9 Å². The standard InChI is InChI=1S/C19H20F2N6O3S/c1-31(29,30)26-8-13(5-20)15(10-26)25-18-14(19(22)28)7-24-27-9-12(4-16(18)27)11-2-3-17(21)23-6-11/h2-4,6-7,9,13,15,25H,5,8,10H2,1H3,(H2,22,28)/t13-,15-/m1/s1. The Morgan fingerprint density at radius 1 is 1.29 bits per heavy atom. The molecule has 2 atom stereocenters. The lowest BCUT2D eigenvalue weighted by Gasteiger charge is -2.21. The molecule has 0 unspecified atom stereocenters. The van der Waals surface area contributed by atoms with Crippen molar-refractivity contribution in [3.63, 3.8) is 0 Å². The molecule has 4 heterocycles. The van der Waals surface area contributed by atoms with Crippen molar-refractivity contribution in [1.29, 1.82) is 0 Å². The number of anilines is 1. The molecule has 3 N–H and O–H groups in total.